The van der Waals surface area contributed by atoms with E-state index in [0.29, 0.717) is 0 Å². The van der Waals surface area contributed by atoms with Crippen LogP contribution in [0.25, 0.3) is 11.1 Å². The van der Waals surface area contributed by atoms with E-state index in [1.807, 2.05) is 24.5 Å². The average Bonchev–Trinajstić information content (AvgIpc) is 2.76. The predicted octanol–water partition coefficient (Wildman–Crippen LogP) is 7.84. The monoisotopic (exact) mass is 456 g/mol. The number of ether oxygens (including phenoxy) is 1. The van der Waals surface area contributed by atoms with Crippen LogP contribution in [0, 0.1) is 0 Å². The summed E-state index contributed by atoms with van der Waals surface area (Å²) in [5.41, 5.74) is 2.15. The van der Waals surface area contributed by atoms with Crippen LogP contribution >= 0.6 is 0 Å². The Morgan fingerprint density at radius 3 is 2.00 bits per heavy atom. The molecule has 0 amide bonds. The third-order valence-electron chi connectivity index (χ3n) is 5.49. The molecule has 1 aromatic heterocycles. The lowest BCUT2D eigenvalue weighted by Gasteiger charge is -2.23. The smallest absolute Gasteiger partial charge is 0.184 e. The van der Waals surface area contributed by atoms with E-state index in [-0.39, 0.29) is 6.10 Å². The summed E-state index contributed by atoms with van der Waals surface area (Å²) in [6.07, 6.45) is 16.4. The van der Waals surface area contributed by atoms with E-state index in [0.717, 1.165) is 48.6 Å². The van der Waals surface area contributed by atoms with Crippen LogP contribution < -0.4 is 4.74 Å². The second-order valence-corrected chi connectivity index (χ2v) is 14.3. The van der Waals surface area contributed by atoms with Crippen molar-refractivity contribution in [2.75, 3.05) is 6.61 Å². The van der Waals surface area contributed by atoms with Crippen molar-refractivity contribution >= 4 is 8.32 Å². The van der Waals surface area contributed by atoms with Crippen LogP contribution in [0.15, 0.2) is 36.7 Å². The summed E-state index contributed by atoms with van der Waals surface area (Å²) in [6, 6.07) is 8.27. The molecule has 4 nitrogen and oxygen atoms in total. The van der Waals surface area contributed by atoms with Gasteiger partial charge in [-0.3, -0.25) is 0 Å². The topological polar surface area (TPSA) is 44.2 Å². The minimum Gasteiger partial charge on any atom is -0.494 e. The Morgan fingerprint density at radius 1 is 0.812 bits per heavy atom. The third-order valence-corrected chi connectivity index (χ3v) is 6.60. The van der Waals surface area contributed by atoms with Gasteiger partial charge < -0.3 is 9.16 Å². The van der Waals surface area contributed by atoms with Crippen LogP contribution in [0.5, 0.6) is 5.75 Å². The highest BCUT2D eigenvalue weighted by molar-refractivity contribution is 6.69. The molecule has 1 heterocycles. The highest BCUT2D eigenvalue weighted by Crippen LogP contribution is 2.22. The molecule has 1 unspecified atom stereocenters. The maximum absolute atomic E-state index is 6.10. The third kappa shape index (κ3) is 11.2. The van der Waals surface area contributed by atoms with Gasteiger partial charge in [0, 0.05) is 30.5 Å². The first-order valence-corrected chi connectivity index (χ1v) is 16.0. The molecule has 0 radical (unpaired) electrons. The van der Waals surface area contributed by atoms with Crippen molar-refractivity contribution < 1.29 is 9.16 Å². The highest BCUT2D eigenvalue weighted by Gasteiger charge is 2.18. The van der Waals surface area contributed by atoms with Gasteiger partial charge in [-0.1, -0.05) is 64.0 Å². The Hall–Kier alpha value is -1.72. The van der Waals surface area contributed by atoms with Crippen LogP contribution in [0.2, 0.25) is 19.6 Å². The van der Waals surface area contributed by atoms with Gasteiger partial charge in [0.2, 0.25) is 0 Å². The van der Waals surface area contributed by atoms with Gasteiger partial charge in [0.1, 0.15) is 11.6 Å². The molecular formula is C27H44N2O2Si. The lowest BCUT2D eigenvalue weighted by molar-refractivity contribution is 0.203. The van der Waals surface area contributed by atoms with Crippen LogP contribution in [-0.4, -0.2) is 31.0 Å². The summed E-state index contributed by atoms with van der Waals surface area (Å²) in [6.45, 7) is 11.9. The van der Waals surface area contributed by atoms with Gasteiger partial charge in [0.15, 0.2) is 8.32 Å². The largest absolute Gasteiger partial charge is 0.494 e. The van der Waals surface area contributed by atoms with Crippen molar-refractivity contribution in [3.05, 3.63) is 42.5 Å². The first-order valence-electron chi connectivity index (χ1n) is 12.6. The van der Waals surface area contributed by atoms with Crippen molar-refractivity contribution in [1.82, 2.24) is 9.97 Å². The number of benzene rings is 1. The molecule has 32 heavy (non-hydrogen) atoms. The summed E-state index contributed by atoms with van der Waals surface area (Å²) >= 11 is 0. The standard InChI is InChI=1S/C27H44N2O2Si/c1-6-7-8-9-10-11-12-13-20-30-26-17-15-24(16-18-26)25-21-28-27(29-22-25)19-14-23(2)31-32(3,4)5/h15-18,21-23H,6-14,19-20H2,1-5H3. The molecule has 2 rings (SSSR count). The summed E-state index contributed by atoms with van der Waals surface area (Å²) < 4.78 is 12.0. The Kier molecular flexibility index (Phi) is 12.0. The van der Waals surface area contributed by atoms with E-state index in [1.165, 1.54) is 44.9 Å². The molecule has 0 N–H and O–H groups in total. The lowest BCUT2D eigenvalue weighted by Crippen LogP contribution is -2.30. The van der Waals surface area contributed by atoms with Gasteiger partial charge >= 0.3 is 0 Å². The van der Waals surface area contributed by atoms with Gasteiger partial charge in [-0.05, 0) is 57.1 Å². The van der Waals surface area contributed by atoms with Crippen molar-refractivity contribution in [2.24, 2.45) is 0 Å². The van der Waals surface area contributed by atoms with E-state index in [1.54, 1.807) is 0 Å². The maximum atomic E-state index is 6.10. The predicted molar refractivity (Wildman–Crippen MR) is 138 cm³/mol. The maximum Gasteiger partial charge on any atom is 0.184 e. The average molecular weight is 457 g/mol. The van der Waals surface area contributed by atoms with Crippen molar-refractivity contribution in [1.29, 1.82) is 0 Å². The molecule has 0 aliphatic carbocycles. The van der Waals surface area contributed by atoms with E-state index < -0.39 is 8.32 Å². The van der Waals surface area contributed by atoms with Crippen molar-refractivity contribution in [3.8, 4) is 16.9 Å². The van der Waals surface area contributed by atoms with Gasteiger partial charge in [-0.25, -0.2) is 9.97 Å². The first-order chi connectivity index (χ1) is 15.4. The SMILES string of the molecule is CCCCCCCCCCOc1ccc(-c2cnc(CCC(C)O[Si](C)(C)C)nc2)cc1. The van der Waals surface area contributed by atoms with Gasteiger partial charge in [0.25, 0.3) is 0 Å². The minimum atomic E-state index is -1.49. The Bertz CT molecular complexity index is 742. The zero-order valence-corrected chi connectivity index (χ0v) is 22.0. The van der Waals surface area contributed by atoms with Gasteiger partial charge in [0.05, 0.1) is 6.61 Å². The fourth-order valence-corrected chi connectivity index (χ4v) is 5.12. The quantitative estimate of drug-likeness (QED) is 0.191. The van der Waals surface area contributed by atoms with Gasteiger partial charge in [-0.2, -0.15) is 0 Å². The number of aryl methyl sites for hydroxylation is 1. The molecule has 0 spiro atoms. The number of aromatic nitrogens is 2. The van der Waals surface area contributed by atoms with Crippen molar-refractivity contribution in [3.63, 3.8) is 0 Å². The van der Waals surface area contributed by atoms with Crippen LogP contribution in [0.4, 0.5) is 0 Å². The summed E-state index contributed by atoms with van der Waals surface area (Å²) in [4.78, 5) is 9.12. The zero-order valence-electron chi connectivity index (χ0n) is 21.0. The fourth-order valence-electron chi connectivity index (χ4n) is 3.80. The molecule has 1 aromatic carbocycles. The molecule has 0 aliphatic heterocycles. The second-order valence-electron chi connectivity index (χ2n) is 9.82. The molecule has 5 heteroatoms. The summed E-state index contributed by atoms with van der Waals surface area (Å²) in [5.74, 6) is 1.82. The number of hydrogen-bond acceptors (Lipinski definition) is 4. The van der Waals surface area contributed by atoms with Crippen LogP contribution in [0.1, 0.15) is 77.5 Å². The Balaban J connectivity index is 1.69. The molecule has 0 aliphatic rings. The molecule has 0 fully saturated rings. The number of unbranched alkanes of at least 4 members (excludes halogenated alkanes) is 7. The van der Waals surface area contributed by atoms with Crippen LogP contribution in [-0.2, 0) is 10.8 Å². The molecule has 2 aromatic rings. The fraction of sp³-hybridized carbons (Fsp3) is 0.630. The lowest BCUT2D eigenvalue weighted by atomic mass is 10.1. The first kappa shape index (κ1) is 26.5. The zero-order chi connectivity index (χ0) is 23.2. The molecule has 1 atom stereocenters. The van der Waals surface area contributed by atoms with E-state index >= 15 is 0 Å². The number of rotatable bonds is 16. The Labute approximate surface area is 197 Å². The molecule has 0 bridgehead atoms. The second kappa shape index (κ2) is 14.4. The Morgan fingerprint density at radius 2 is 1.41 bits per heavy atom. The normalized spacial score (nSPS) is 12.7. The van der Waals surface area contributed by atoms with E-state index in [4.69, 9.17) is 9.16 Å². The highest BCUT2D eigenvalue weighted by atomic mass is 28.4. The molecule has 0 saturated heterocycles. The minimum absolute atomic E-state index is 0.253. The number of hydrogen-bond donors (Lipinski definition) is 0. The van der Waals surface area contributed by atoms with Gasteiger partial charge in [-0.15, -0.1) is 0 Å². The summed E-state index contributed by atoms with van der Waals surface area (Å²) in [7, 11) is -1.49. The number of nitrogens with zero attached hydrogens (tertiary/aromatic N) is 2. The molecular weight excluding hydrogens is 412 g/mol. The molecule has 178 valence electrons. The molecule has 0 saturated carbocycles. The van der Waals surface area contributed by atoms with E-state index in [2.05, 4.69) is 55.6 Å². The van der Waals surface area contributed by atoms with E-state index in [9.17, 15) is 0 Å². The summed E-state index contributed by atoms with van der Waals surface area (Å²) in [5, 5.41) is 0. The van der Waals surface area contributed by atoms with Crippen LogP contribution in [0.3, 0.4) is 0 Å². The van der Waals surface area contributed by atoms with Crippen molar-refractivity contribution in [2.45, 2.75) is 104 Å².